The molecular formula is C6H7O3S. The van der Waals surface area contributed by atoms with Crippen LogP contribution in [0.25, 0.3) is 0 Å². The second-order valence-electron chi connectivity index (χ2n) is 1.96. The van der Waals surface area contributed by atoms with Crippen molar-refractivity contribution in [2.24, 2.45) is 0 Å². The normalized spacial score (nSPS) is 11.7. The van der Waals surface area contributed by atoms with Gasteiger partial charge in [-0.3, -0.25) is 0 Å². The summed E-state index contributed by atoms with van der Waals surface area (Å²) in [4.78, 5) is 0. The zero-order chi connectivity index (χ0) is 7.61. The van der Waals surface area contributed by atoms with E-state index in [2.05, 4.69) is 0 Å². The fourth-order valence-corrected chi connectivity index (χ4v) is 1.13. The zero-order valence-corrected chi connectivity index (χ0v) is 6.26. The Hall–Kier alpha value is -0.770. The molecule has 0 amide bonds. The minimum absolute atomic E-state index is 0.363. The van der Waals surface area contributed by atoms with Gasteiger partial charge in [-0.15, -0.1) is 0 Å². The molecule has 0 N–H and O–H groups in total. The van der Waals surface area contributed by atoms with E-state index in [0.29, 0.717) is 5.76 Å². The first-order valence-corrected chi connectivity index (χ1v) is 4.62. The Kier molecular flexibility index (Phi) is 1.80. The number of hydrogen-bond acceptors (Lipinski definition) is 3. The van der Waals surface area contributed by atoms with Gasteiger partial charge >= 0.3 is 0 Å². The van der Waals surface area contributed by atoms with E-state index < -0.39 is 9.84 Å². The summed E-state index contributed by atoms with van der Waals surface area (Å²) in [7, 11) is -3.07. The summed E-state index contributed by atoms with van der Waals surface area (Å²) in [6, 6.07) is 3.22. The summed E-state index contributed by atoms with van der Waals surface area (Å²) in [6.07, 6.45) is 2.55. The third-order valence-corrected chi connectivity index (χ3v) is 1.53. The average Bonchev–Trinajstić information content (AvgIpc) is 2.12. The van der Waals surface area contributed by atoms with E-state index in [1.807, 2.05) is 0 Å². The van der Waals surface area contributed by atoms with Gasteiger partial charge in [-0.25, -0.2) is 8.42 Å². The van der Waals surface area contributed by atoms with Crippen LogP contribution < -0.4 is 0 Å². The first kappa shape index (κ1) is 7.34. The molecule has 1 radical (unpaired) electrons. The molecule has 55 valence electrons. The summed E-state index contributed by atoms with van der Waals surface area (Å²) in [5.74, 6) is 1.44. The predicted octanol–water partition coefficient (Wildman–Crippen LogP) is 0.834. The molecule has 10 heavy (non-hydrogen) atoms. The molecule has 1 rings (SSSR count). The van der Waals surface area contributed by atoms with Crippen LogP contribution in [-0.4, -0.2) is 14.7 Å². The molecule has 0 aliphatic carbocycles. The van der Waals surface area contributed by atoms with Gasteiger partial charge in [-0.05, 0) is 12.1 Å². The molecule has 0 aliphatic heterocycles. The van der Waals surface area contributed by atoms with Crippen molar-refractivity contribution in [2.45, 2.75) is 0 Å². The van der Waals surface area contributed by atoms with Crippen LogP contribution in [0.15, 0.2) is 22.8 Å². The zero-order valence-electron chi connectivity index (χ0n) is 5.44. The molecule has 0 atom stereocenters. The second-order valence-corrected chi connectivity index (χ2v) is 3.86. The van der Waals surface area contributed by atoms with Crippen molar-refractivity contribution in [3.63, 3.8) is 0 Å². The Morgan fingerprint density at radius 1 is 1.60 bits per heavy atom. The molecule has 1 aromatic rings. The van der Waals surface area contributed by atoms with E-state index in [9.17, 15) is 8.42 Å². The standard InChI is InChI=1S/C6H7O3S/c1-10(7,8)5-6-3-2-4-9-6/h2-5H,1H3. The summed E-state index contributed by atoms with van der Waals surface area (Å²) < 4.78 is 25.9. The van der Waals surface area contributed by atoms with Crippen molar-refractivity contribution in [3.05, 3.63) is 29.9 Å². The van der Waals surface area contributed by atoms with Crippen molar-refractivity contribution in [1.82, 2.24) is 0 Å². The van der Waals surface area contributed by atoms with Crippen LogP contribution in [0.3, 0.4) is 0 Å². The summed E-state index contributed by atoms with van der Waals surface area (Å²) >= 11 is 0. The van der Waals surface area contributed by atoms with Gasteiger partial charge in [0.15, 0.2) is 9.84 Å². The molecule has 0 aromatic carbocycles. The molecule has 1 aromatic heterocycles. The number of hydrogen-bond donors (Lipinski definition) is 0. The molecule has 1 heterocycles. The van der Waals surface area contributed by atoms with Crippen LogP contribution in [0, 0.1) is 5.75 Å². The first-order chi connectivity index (χ1) is 4.58. The van der Waals surface area contributed by atoms with Gasteiger partial charge in [0.25, 0.3) is 0 Å². The summed E-state index contributed by atoms with van der Waals surface area (Å²) in [5.41, 5.74) is 0. The van der Waals surface area contributed by atoms with E-state index in [1.165, 1.54) is 6.26 Å². The highest BCUT2D eigenvalue weighted by Gasteiger charge is 2.06. The van der Waals surface area contributed by atoms with Gasteiger partial charge in [0.05, 0.1) is 6.26 Å². The lowest BCUT2D eigenvalue weighted by Gasteiger charge is -1.89. The Balaban J connectivity index is 2.75. The van der Waals surface area contributed by atoms with Crippen molar-refractivity contribution < 1.29 is 12.8 Å². The minimum atomic E-state index is -3.07. The maximum Gasteiger partial charge on any atom is 0.159 e. The van der Waals surface area contributed by atoms with E-state index in [-0.39, 0.29) is 0 Å². The Morgan fingerprint density at radius 3 is 2.70 bits per heavy atom. The van der Waals surface area contributed by atoms with Crippen LogP contribution >= 0.6 is 0 Å². The van der Waals surface area contributed by atoms with Crippen LogP contribution in [0.2, 0.25) is 0 Å². The fraction of sp³-hybridized carbons (Fsp3) is 0.167. The van der Waals surface area contributed by atoms with Gasteiger partial charge in [0.1, 0.15) is 11.5 Å². The number of furan rings is 1. The van der Waals surface area contributed by atoms with Crippen molar-refractivity contribution in [3.8, 4) is 0 Å². The topological polar surface area (TPSA) is 47.3 Å². The van der Waals surface area contributed by atoms with Gasteiger partial charge in [-0.1, -0.05) is 0 Å². The Morgan fingerprint density at radius 2 is 2.30 bits per heavy atom. The van der Waals surface area contributed by atoms with E-state index in [1.54, 1.807) is 12.1 Å². The highest BCUT2D eigenvalue weighted by molar-refractivity contribution is 7.92. The molecule has 3 nitrogen and oxygen atoms in total. The lowest BCUT2D eigenvalue weighted by atomic mass is 10.5. The SMILES string of the molecule is CS(=O)(=O)[CH]c1ccco1. The van der Waals surface area contributed by atoms with Crippen molar-refractivity contribution >= 4 is 9.84 Å². The third-order valence-electron chi connectivity index (χ3n) is 0.873. The molecule has 0 bridgehead atoms. The molecule has 0 aliphatic rings. The van der Waals surface area contributed by atoms with Gasteiger partial charge in [-0.2, -0.15) is 0 Å². The highest BCUT2D eigenvalue weighted by atomic mass is 32.2. The molecule has 0 saturated carbocycles. The third kappa shape index (κ3) is 2.23. The van der Waals surface area contributed by atoms with Crippen LogP contribution in [0.5, 0.6) is 0 Å². The lowest BCUT2D eigenvalue weighted by molar-refractivity contribution is 0.542. The van der Waals surface area contributed by atoms with E-state index in [0.717, 1.165) is 12.0 Å². The summed E-state index contributed by atoms with van der Waals surface area (Å²) in [6.45, 7) is 0. The van der Waals surface area contributed by atoms with Gasteiger partial charge in [0, 0.05) is 6.26 Å². The smallest absolute Gasteiger partial charge is 0.159 e. The molecule has 0 spiro atoms. The Bertz CT molecular complexity index is 283. The highest BCUT2D eigenvalue weighted by Crippen LogP contribution is 2.06. The first-order valence-electron chi connectivity index (χ1n) is 2.66. The van der Waals surface area contributed by atoms with Crippen LogP contribution in [-0.2, 0) is 9.84 Å². The molecular weight excluding hydrogens is 152 g/mol. The van der Waals surface area contributed by atoms with Gasteiger partial charge < -0.3 is 4.42 Å². The van der Waals surface area contributed by atoms with E-state index >= 15 is 0 Å². The molecule has 4 heteroatoms. The fourth-order valence-electron chi connectivity index (χ4n) is 0.569. The van der Waals surface area contributed by atoms with Gasteiger partial charge in [0.2, 0.25) is 0 Å². The number of rotatable bonds is 2. The van der Waals surface area contributed by atoms with Crippen LogP contribution in [0.4, 0.5) is 0 Å². The number of sulfone groups is 1. The molecule has 0 fully saturated rings. The lowest BCUT2D eigenvalue weighted by Crippen LogP contribution is -1.95. The predicted molar refractivity (Wildman–Crippen MR) is 37.0 cm³/mol. The Labute approximate surface area is 59.6 Å². The second kappa shape index (κ2) is 2.46. The molecule has 0 saturated heterocycles. The largest absolute Gasteiger partial charge is 0.468 e. The monoisotopic (exact) mass is 159 g/mol. The molecule has 0 unspecified atom stereocenters. The quantitative estimate of drug-likeness (QED) is 0.642. The van der Waals surface area contributed by atoms with Crippen LogP contribution in [0.1, 0.15) is 5.76 Å². The average molecular weight is 159 g/mol. The maximum atomic E-state index is 10.6. The van der Waals surface area contributed by atoms with Crippen molar-refractivity contribution in [1.29, 1.82) is 0 Å². The maximum absolute atomic E-state index is 10.6. The minimum Gasteiger partial charge on any atom is -0.468 e. The summed E-state index contributed by atoms with van der Waals surface area (Å²) in [5, 5.41) is 0. The van der Waals surface area contributed by atoms with E-state index in [4.69, 9.17) is 4.42 Å². The van der Waals surface area contributed by atoms with Crippen molar-refractivity contribution in [2.75, 3.05) is 6.26 Å².